The molecule has 1 aliphatic rings. The van der Waals surface area contributed by atoms with E-state index in [0.717, 1.165) is 0 Å². The van der Waals surface area contributed by atoms with Crippen molar-refractivity contribution in [2.45, 2.75) is 25.0 Å². The van der Waals surface area contributed by atoms with E-state index < -0.39 is 11.9 Å². The van der Waals surface area contributed by atoms with Crippen LogP contribution in [0.1, 0.15) is 29.8 Å². The maximum absolute atomic E-state index is 14.9. The van der Waals surface area contributed by atoms with Gasteiger partial charge in [-0.05, 0) is 12.5 Å². The second kappa shape index (κ2) is 10.5. The third kappa shape index (κ3) is 5.07. The van der Waals surface area contributed by atoms with E-state index in [4.69, 9.17) is 30.2 Å². The van der Waals surface area contributed by atoms with E-state index in [1.807, 2.05) is 0 Å². The summed E-state index contributed by atoms with van der Waals surface area (Å²) in [5, 5.41) is 13.6. The number of carbonyl (C=O) groups excluding carboxylic acids is 1. The minimum atomic E-state index is -1.66. The fourth-order valence-corrected chi connectivity index (χ4v) is 4.25. The number of rotatable bonds is 8. The lowest BCUT2D eigenvalue weighted by Gasteiger charge is -2.31. The third-order valence-electron chi connectivity index (χ3n) is 5.76. The molecule has 2 aromatic heterocycles. The van der Waals surface area contributed by atoms with E-state index in [1.54, 1.807) is 0 Å². The van der Waals surface area contributed by atoms with Gasteiger partial charge in [0.25, 0.3) is 0 Å². The average Bonchev–Trinajstić information content (AvgIpc) is 3.29. The van der Waals surface area contributed by atoms with Crippen LogP contribution in [0, 0.1) is 11.7 Å². The van der Waals surface area contributed by atoms with Crippen LogP contribution in [0.4, 0.5) is 4.39 Å². The van der Waals surface area contributed by atoms with Crippen LogP contribution in [0.5, 0.6) is 11.5 Å². The summed E-state index contributed by atoms with van der Waals surface area (Å²) in [6.07, 6.45) is 2.06. The zero-order chi connectivity index (χ0) is 25.1. The Morgan fingerprint density at radius 3 is 2.89 bits per heavy atom. The number of methoxy groups -OCH3 is 2. The smallest absolute Gasteiger partial charge is 0.243 e. The lowest BCUT2D eigenvalue weighted by atomic mass is 9.92. The van der Waals surface area contributed by atoms with Crippen molar-refractivity contribution in [2.75, 3.05) is 27.4 Å². The van der Waals surface area contributed by atoms with Crippen molar-refractivity contribution in [3.8, 4) is 11.5 Å². The Labute approximate surface area is 205 Å². The number of hydrogen-bond acceptors (Lipinski definition) is 9. The van der Waals surface area contributed by atoms with Gasteiger partial charge in [0.05, 0.1) is 37.6 Å². The largest absolute Gasteiger partial charge is 0.495 e. The van der Waals surface area contributed by atoms with E-state index in [2.05, 4.69) is 26.8 Å². The van der Waals surface area contributed by atoms with Crippen LogP contribution in [-0.4, -0.2) is 59.4 Å². The number of nitrogens with one attached hydrogen (secondary N) is 1. The molecule has 1 aliphatic heterocycles. The van der Waals surface area contributed by atoms with E-state index in [-0.39, 0.29) is 57.1 Å². The van der Waals surface area contributed by atoms with Crippen molar-refractivity contribution < 1.29 is 32.9 Å². The number of ether oxygens (including phenoxy) is 3. The highest BCUT2D eigenvalue weighted by molar-refractivity contribution is 6.33. The monoisotopic (exact) mass is 506 g/mol. The van der Waals surface area contributed by atoms with Crippen molar-refractivity contribution in [1.29, 1.82) is 0 Å². The SMILES string of the molecule is C=CC(=O)NC1CCOCC1Cc1ncc2oc(C(O)c3c(F)c(OC)cc(OC)c3Cl)nc2n1. The van der Waals surface area contributed by atoms with E-state index >= 15 is 0 Å². The first kappa shape index (κ1) is 24.8. The molecular weight excluding hydrogens is 483 g/mol. The second-order valence-corrected chi connectivity index (χ2v) is 8.28. The number of hydrogen-bond donors (Lipinski definition) is 2. The summed E-state index contributed by atoms with van der Waals surface area (Å²) in [4.78, 5) is 24.7. The van der Waals surface area contributed by atoms with Crippen LogP contribution in [0.2, 0.25) is 5.02 Å². The van der Waals surface area contributed by atoms with Crippen molar-refractivity contribution in [2.24, 2.45) is 5.92 Å². The van der Waals surface area contributed by atoms with Crippen LogP contribution in [0.25, 0.3) is 11.2 Å². The number of aliphatic hydroxyl groups is 1. The molecule has 4 rings (SSSR count). The number of aromatic nitrogens is 3. The van der Waals surface area contributed by atoms with Gasteiger partial charge < -0.3 is 29.1 Å². The van der Waals surface area contributed by atoms with E-state index in [0.29, 0.717) is 31.9 Å². The number of amides is 1. The molecule has 10 nitrogen and oxygen atoms in total. The number of halogens is 2. The highest BCUT2D eigenvalue weighted by Crippen LogP contribution is 2.41. The van der Waals surface area contributed by atoms with Gasteiger partial charge in [0, 0.05) is 31.1 Å². The van der Waals surface area contributed by atoms with Gasteiger partial charge in [-0.3, -0.25) is 4.79 Å². The summed E-state index contributed by atoms with van der Waals surface area (Å²) in [5.41, 5.74) is 0.0761. The zero-order valence-corrected chi connectivity index (χ0v) is 19.8. The maximum atomic E-state index is 14.9. The molecule has 1 fully saturated rings. The molecule has 1 saturated heterocycles. The third-order valence-corrected chi connectivity index (χ3v) is 6.15. The summed E-state index contributed by atoms with van der Waals surface area (Å²) in [6, 6.07) is 1.16. The van der Waals surface area contributed by atoms with Gasteiger partial charge in [0.15, 0.2) is 23.3 Å². The van der Waals surface area contributed by atoms with Crippen LogP contribution >= 0.6 is 11.6 Å². The summed E-state index contributed by atoms with van der Waals surface area (Å²) in [6.45, 7) is 4.46. The molecule has 3 atom stereocenters. The minimum absolute atomic E-state index is 0.0563. The van der Waals surface area contributed by atoms with Crippen molar-refractivity contribution >= 4 is 28.7 Å². The summed E-state index contributed by atoms with van der Waals surface area (Å²) < 4.78 is 36.3. The molecule has 3 unspecified atom stereocenters. The molecule has 0 radical (unpaired) electrons. The topological polar surface area (TPSA) is 129 Å². The molecule has 3 heterocycles. The van der Waals surface area contributed by atoms with Gasteiger partial charge in [-0.2, -0.15) is 4.98 Å². The van der Waals surface area contributed by atoms with Gasteiger partial charge in [-0.15, -0.1) is 0 Å². The van der Waals surface area contributed by atoms with Gasteiger partial charge in [0.2, 0.25) is 17.4 Å². The Morgan fingerprint density at radius 1 is 1.40 bits per heavy atom. The number of oxazole rings is 1. The predicted octanol–water partition coefficient (Wildman–Crippen LogP) is 2.76. The Morgan fingerprint density at radius 2 is 2.17 bits per heavy atom. The molecular formula is C23H24ClFN4O6. The lowest BCUT2D eigenvalue weighted by Crippen LogP contribution is -2.46. The minimum Gasteiger partial charge on any atom is -0.495 e. The number of benzene rings is 1. The Kier molecular flexibility index (Phi) is 7.48. The lowest BCUT2D eigenvalue weighted by molar-refractivity contribution is -0.118. The van der Waals surface area contributed by atoms with Gasteiger partial charge >= 0.3 is 0 Å². The van der Waals surface area contributed by atoms with Crippen LogP contribution < -0.4 is 14.8 Å². The first-order valence-electron chi connectivity index (χ1n) is 10.8. The molecule has 0 saturated carbocycles. The summed E-state index contributed by atoms with van der Waals surface area (Å²) >= 11 is 6.25. The standard InChI is InChI=1S/C23H24ClFN4O6/c1-4-17(30)27-12-5-6-34-10-11(12)7-16-26-9-15-22(28-16)29-23(35-15)21(31)18-19(24)13(32-2)8-14(33-3)20(18)25/h4,8-9,11-12,21,31H,1,5-7,10H2,2-3H3,(H,27,30). The fourth-order valence-electron chi connectivity index (χ4n) is 3.94. The molecule has 0 aliphatic carbocycles. The Balaban J connectivity index is 1.61. The molecule has 0 bridgehead atoms. The predicted molar refractivity (Wildman–Crippen MR) is 123 cm³/mol. The first-order chi connectivity index (χ1) is 16.9. The van der Waals surface area contributed by atoms with E-state index in [1.165, 1.54) is 32.6 Å². The molecule has 1 amide bonds. The van der Waals surface area contributed by atoms with Gasteiger partial charge in [0.1, 0.15) is 11.6 Å². The van der Waals surface area contributed by atoms with Crippen molar-refractivity contribution in [3.63, 3.8) is 0 Å². The molecule has 2 N–H and O–H groups in total. The average molecular weight is 507 g/mol. The highest BCUT2D eigenvalue weighted by atomic mass is 35.5. The van der Waals surface area contributed by atoms with Gasteiger partial charge in [-0.1, -0.05) is 18.2 Å². The summed E-state index contributed by atoms with van der Waals surface area (Å²) in [5.74, 6) is -0.999. The molecule has 1 aromatic carbocycles. The molecule has 3 aromatic rings. The van der Waals surface area contributed by atoms with Gasteiger partial charge in [-0.25, -0.2) is 14.4 Å². The number of aliphatic hydroxyl groups excluding tert-OH is 1. The molecule has 12 heteroatoms. The normalized spacial score (nSPS) is 18.8. The van der Waals surface area contributed by atoms with Crippen LogP contribution in [0.3, 0.4) is 0 Å². The molecule has 0 spiro atoms. The zero-order valence-electron chi connectivity index (χ0n) is 19.1. The van der Waals surface area contributed by atoms with Crippen molar-refractivity contribution in [1.82, 2.24) is 20.3 Å². The molecule has 35 heavy (non-hydrogen) atoms. The van der Waals surface area contributed by atoms with E-state index in [9.17, 15) is 14.3 Å². The number of nitrogens with zero attached hydrogens (tertiary/aromatic N) is 3. The van der Waals surface area contributed by atoms with Crippen LogP contribution in [0.15, 0.2) is 29.3 Å². The van der Waals surface area contributed by atoms with Crippen molar-refractivity contribution in [3.05, 3.63) is 53.0 Å². The number of fused-ring (bicyclic) bond motifs is 1. The summed E-state index contributed by atoms with van der Waals surface area (Å²) in [7, 11) is 2.64. The Bertz CT molecular complexity index is 1220. The quantitative estimate of drug-likeness (QED) is 0.443. The first-order valence-corrected chi connectivity index (χ1v) is 11.1. The highest BCUT2D eigenvalue weighted by Gasteiger charge is 2.30. The maximum Gasteiger partial charge on any atom is 0.243 e. The Hall–Kier alpha value is -3.28. The number of carbonyl (C=O) groups is 1. The molecule has 186 valence electrons. The fraction of sp³-hybridized carbons (Fsp3) is 0.391. The second-order valence-electron chi connectivity index (χ2n) is 7.90. The van der Waals surface area contributed by atoms with Crippen LogP contribution in [-0.2, 0) is 16.0 Å².